The number of rotatable bonds is 5. The molecule has 8 nitrogen and oxygen atoms in total. The number of carbonyl (C=O) groups is 2. The molecule has 0 bridgehead atoms. The Morgan fingerprint density at radius 1 is 1.00 bits per heavy atom. The van der Waals surface area contributed by atoms with Gasteiger partial charge in [-0.1, -0.05) is 30.3 Å². The lowest BCUT2D eigenvalue weighted by molar-refractivity contribution is -0.141. The average molecular weight is 499 g/mol. The van der Waals surface area contributed by atoms with Crippen LogP contribution in [0.2, 0.25) is 0 Å². The summed E-state index contributed by atoms with van der Waals surface area (Å²) in [6.45, 7) is 1.12. The molecule has 1 atom stereocenters. The van der Waals surface area contributed by atoms with Crippen LogP contribution in [0.5, 0.6) is 0 Å². The summed E-state index contributed by atoms with van der Waals surface area (Å²) in [6, 6.07) is 12.3. The molecule has 178 valence electrons. The fourth-order valence-corrected chi connectivity index (χ4v) is 6.87. The number of nitrogens with one attached hydrogen (secondary N) is 1. The van der Waals surface area contributed by atoms with Crippen LogP contribution in [0, 0.1) is 5.92 Å². The summed E-state index contributed by atoms with van der Waals surface area (Å²) in [5.74, 6) is -0.548. The fourth-order valence-electron chi connectivity index (χ4n) is 4.83. The molecule has 2 aliphatic rings. The van der Waals surface area contributed by atoms with E-state index in [-0.39, 0.29) is 35.7 Å². The Labute approximate surface area is 202 Å². The van der Waals surface area contributed by atoms with Crippen molar-refractivity contribution in [3.8, 4) is 0 Å². The van der Waals surface area contributed by atoms with Crippen molar-refractivity contribution in [1.82, 2.24) is 14.2 Å². The Balaban J connectivity index is 1.23. The van der Waals surface area contributed by atoms with Crippen molar-refractivity contribution in [2.45, 2.75) is 36.6 Å². The highest BCUT2D eigenvalue weighted by Gasteiger charge is 2.39. The minimum absolute atomic E-state index is 0.0560. The lowest BCUT2D eigenvalue weighted by atomic mass is 9.96. The van der Waals surface area contributed by atoms with Gasteiger partial charge in [0.1, 0.15) is 6.04 Å². The molecule has 2 fully saturated rings. The first-order valence-electron chi connectivity index (χ1n) is 11.4. The van der Waals surface area contributed by atoms with Crippen LogP contribution in [0.4, 0.5) is 5.13 Å². The van der Waals surface area contributed by atoms with Gasteiger partial charge in [-0.25, -0.2) is 13.4 Å². The summed E-state index contributed by atoms with van der Waals surface area (Å²) in [6.07, 6.45) is 3.92. The van der Waals surface area contributed by atoms with Crippen molar-refractivity contribution >= 4 is 49.1 Å². The van der Waals surface area contributed by atoms with E-state index in [4.69, 9.17) is 0 Å². The largest absolute Gasteiger partial charge is 0.330 e. The first-order chi connectivity index (χ1) is 16.4. The Bertz CT molecular complexity index is 1300. The van der Waals surface area contributed by atoms with Crippen LogP contribution >= 0.6 is 11.3 Å². The van der Waals surface area contributed by atoms with Crippen molar-refractivity contribution in [2.24, 2.45) is 5.92 Å². The minimum atomic E-state index is -3.64. The second-order valence-corrected chi connectivity index (χ2v) is 11.5. The lowest BCUT2D eigenvalue weighted by Gasteiger charge is -2.34. The van der Waals surface area contributed by atoms with E-state index >= 15 is 0 Å². The zero-order valence-corrected chi connectivity index (χ0v) is 20.2. The maximum absolute atomic E-state index is 13.3. The van der Waals surface area contributed by atoms with E-state index in [2.05, 4.69) is 10.3 Å². The topological polar surface area (TPSA) is 99.7 Å². The van der Waals surface area contributed by atoms with E-state index in [9.17, 15) is 18.0 Å². The number of hydrogen-bond donors (Lipinski definition) is 1. The summed E-state index contributed by atoms with van der Waals surface area (Å²) in [5, 5.41) is 6.98. The quantitative estimate of drug-likeness (QED) is 0.582. The molecule has 5 rings (SSSR count). The van der Waals surface area contributed by atoms with Gasteiger partial charge in [0.15, 0.2) is 5.13 Å². The van der Waals surface area contributed by atoms with Crippen LogP contribution in [-0.2, 0) is 19.6 Å². The van der Waals surface area contributed by atoms with Gasteiger partial charge in [-0.15, -0.1) is 11.3 Å². The van der Waals surface area contributed by atoms with Crippen LogP contribution in [0.3, 0.4) is 0 Å². The molecule has 2 saturated heterocycles. The molecule has 1 N–H and O–H groups in total. The van der Waals surface area contributed by atoms with E-state index in [0.717, 1.165) is 17.2 Å². The number of aromatic nitrogens is 1. The molecular formula is C24H26N4O4S2. The highest BCUT2D eigenvalue weighted by Crippen LogP contribution is 2.29. The van der Waals surface area contributed by atoms with Gasteiger partial charge in [0.2, 0.25) is 21.8 Å². The number of amides is 2. The van der Waals surface area contributed by atoms with Crippen molar-refractivity contribution < 1.29 is 18.0 Å². The average Bonchev–Trinajstić information content (AvgIpc) is 3.56. The van der Waals surface area contributed by atoms with Crippen molar-refractivity contribution in [2.75, 3.05) is 25.0 Å². The molecule has 1 aromatic heterocycles. The van der Waals surface area contributed by atoms with Gasteiger partial charge in [0.05, 0.1) is 4.90 Å². The van der Waals surface area contributed by atoms with E-state index in [1.165, 1.54) is 15.6 Å². The minimum Gasteiger partial charge on any atom is -0.330 e. The van der Waals surface area contributed by atoms with Gasteiger partial charge in [-0.05, 0) is 48.6 Å². The number of hydrogen-bond acceptors (Lipinski definition) is 6. The van der Waals surface area contributed by atoms with E-state index in [0.29, 0.717) is 30.9 Å². The first-order valence-corrected chi connectivity index (χ1v) is 13.8. The van der Waals surface area contributed by atoms with Gasteiger partial charge in [-0.3, -0.25) is 9.59 Å². The molecule has 3 aromatic rings. The molecule has 0 spiro atoms. The molecule has 0 radical (unpaired) electrons. The summed E-state index contributed by atoms with van der Waals surface area (Å²) < 4.78 is 27.9. The van der Waals surface area contributed by atoms with Crippen LogP contribution < -0.4 is 5.32 Å². The zero-order valence-electron chi connectivity index (χ0n) is 18.6. The fraction of sp³-hybridized carbons (Fsp3) is 0.375. The number of benzene rings is 2. The molecule has 3 heterocycles. The second-order valence-electron chi connectivity index (χ2n) is 8.70. The third-order valence-corrected chi connectivity index (χ3v) is 9.25. The Hall–Kier alpha value is -2.82. The van der Waals surface area contributed by atoms with Gasteiger partial charge in [0.25, 0.3) is 0 Å². The second kappa shape index (κ2) is 9.44. The summed E-state index contributed by atoms with van der Waals surface area (Å²) >= 11 is 1.34. The molecule has 0 saturated carbocycles. The third kappa shape index (κ3) is 4.45. The molecule has 34 heavy (non-hydrogen) atoms. The maximum Gasteiger partial charge on any atom is 0.248 e. The van der Waals surface area contributed by atoms with Crippen LogP contribution in [0.25, 0.3) is 10.8 Å². The SMILES string of the molecule is O=C(Nc1nccs1)[C@@H]1CCCN1C(=O)C1CCN(S(=O)(=O)c2ccc3ccccc3c2)CC1. The Morgan fingerprint density at radius 2 is 1.76 bits per heavy atom. The number of sulfonamides is 1. The van der Waals surface area contributed by atoms with Crippen molar-refractivity contribution in [3.63, 3.8) is 0 Å². The third-order valence-electron chi connectivity index (χ3n) is 6.66. The normalized spacial score (nSPS) is 20.0. The number of nitrogens with zero attached hydrogens (tertiary/aromatic N) is 3. The molecule has 2 aliphatic heterocycles. The number of fused-ring (bicyclic) bond motifs is 1. The number of piperidine rings is 1. The van der Waals surface area contributed by atoms with Crippen molar-refractivity contribution in [1.29, 1.82) is 0 Å². The Morgan fingerprint density at radius 3 is 2.50 bits per heavy atom. The van der Waals surface area contributed by atoms with Gasteiger partial charge in [0, 0.05) is 37.1 Å². The van der Waals surface area contributed by atoms with Gasteiger partial charge in [-0.2, -0.15) is 4.31 Å². The Kier molecular flexibility index (Phi) is 6.37. The van der Waals surface area contributed by atoms with E-state index in [1.54, 1.807) is 28.6 Å². The predicted molar refractivity (Wildman–Crippen MR) is 131 cm³/mol. The smallest absolute Gasteiger partial charge is 0.248 e. The molecule has 0 aliphatic carbocycles. The number of carbonyl (C=O) groups excluding carboxylic acids is 2. The predicted octanol–water partition coefficient (Wildman–Crippen LogP) is 3.33. The molecule has 2 aromatic carbocycles. The molecule has 0 unspecified atom stereocenters. The summed E-state index contributed by atoms with van der Waals surface area (Å²) in [5.41, 5.74) is 0. The highest BCUT2D eigenvalue weighted by molar-refractivity contribution is 7.89. The first kappa shape index (κ1) is 22.9. The zero-order chi connectivity index (χ0) is 23.7. The van der Waals surface area contributed by atoms with Gasteiger partial charge >= 0.3 is 0 Å². The van der Waals surface area contributed by atoms with Crippen LogP contribution in [-0.4, -0.2) is 60.1 Å². The van der Waals surface area contributed by atoms with Crippen molar-refractivity contribution in [3.05, 3.63) is 54.0 Å². The van der Waals surface area contributed by atoms with Gasteiger partial charge < -0.3 is 10.2 Å². The van der Waals surface area contributed by atoms with E-state index in [1.807, 2.05) is 30.3 Å². The number of thiazole rings is 1. The molecule has 10 heteroatoms. The lowest BCUT2D eigenvalue weighted by Crippen LogP contribution is -2.48. The van der Waals surface area contributed by atoms with E-state index < -0.39 is 16.1 Å². The molecule has 2 amide bonds. The number of likely N-dealkylation sites (tertiary alicyclic amines) is 1. The highest BCUT2D eigenvalue weighted by atomic mass is 32.2. The van der Waals surface area contributed by atoms with Crippen LogP contribution in [0.15, 0.2) is 58.9 Å². The van der Waals surface area contributed by atoms with Crippen LogP contribution in [0.1, 0.15) is 25.7 Å². The number of anilines is 1. The molecular weight excluding hydrogens is 472 g/mol. The monoisotopic (exact) mass is 498 g/mol. The summed E-state index contributed by atoms with van der Waals surface area (Å²) in [7, 11) is -3.64. The maximum atomic E-state index is 13.3. The standard InChI is InChI=1S/C24H26N4O4S2/c29-22(26-24-25-11-15-33-24)21-6-3-12-28(21)23(30)18-9-13-27(14-10-18)34(31,32)20-8-7-17-4-1-2-5-19(17)16-20/h1-2,4-5,7-8,11,15-16,18,21H,3,6,9-10,12-14H2,(H,25,26,29)/t21-/m0/s1. The summed E-state index contributed by atoms with van der Waals surface area (Å²) in [4.78, 5) is 32.0.